The molecule has 2 N–H and O–H groups in total. The van der Waals surface area contributed by atoms with E-state index in [1.807, 2.05) is 31.2 Å². The van der Waals surface area contributed by atoms with Crippen molar-refractivity contribution in [2.45, 2.75) is 25.6 Å². The Kier molecular flexibility index (Phi) is 7.72. The Bertz CT molecular complexity index is 1470. The Morgan fingerprint density at radius 1 is 1.10 bits per heavy atom. The van der Waals surface area contributed by atoms with Crippen molar-refractivity contribution in [3.8, 4) is 22.9 Å². The number of ether oxygens (including phenoxy) is 1. The molecule has 0 saturated carbocycles. The van der Waals surface area contributed by atoms with Crippen molar-refractivity contribution in [2.75, 3.05) is 37.7 Å². The van der Waals surface area contributed by atoms with E-state index in [1.54, 1.807) is 46.1 Å². The Balaban J connectivity index is 1.31. The van der Waals surface area contributed by atoms with Gasteiger partial charge in [-0.15, -0.1) is 0 Å². The highest BCUT2D eigenvalue weighted by molar-refractivity contribution is 5.85. The van der Waals surface area contributed by atoms with Crippen LogP contribution in [0, 0.1) is 11.3 Å². The second-order valence-electron chi connectivity index (χ2n) is 9.46. The molecule has 39 heavy (non-hydrogen) atoms. The summed E-state index contributed by atoms with van der Waals surface area (Å²) in [5.74, 6) is 1.01. The molecule has 2 atom stereocenters. The van der Waals surface area contributed by atoms with Gasteiger partial charge in [0.25, 0.3) is 5.91 Å². The molecule has 5 rings (SSSR count). The lowest BCUT2D eigenvalue weighted by Gasteiger charge is -2.36. The molecule has 10 nitrogen and oxygen atoms in total. The molecule has 1 aliphatic heterocycles. The van der Waals surface area contributed by atoms with E-state index in [2.05, 4.69) is 21.1 Å². The number of aromatic nitrogens is 3. The van der Waals surface area contributed by atoms with Crippen LogP contribution in [-0.2, 0) is 4.79 Å². The van der Waals surface area contributed by atoms with Crippen LogP contribution in [0.3, 0.4) is 0 Å². The molecule has 0 bridgehead atoms. The number of anilines is 1. The van der Waals surface area contributed by atoms with Crippen molar-refractivity contribution in [3.63, 3.8) is 0 Å². The minimum atomic E-state index is -1.17. The molecule has 3 aromatic heterocycles. The normalized spacial score (nSPS) is 15.1. The summed E-state index contributed by atoms with van der Waals surface area (Å²) in [5.41, 5.74) is 3.22. The van der Waals surface area contributed by atoms with Gasteiger partial charge in [-0.3, -0.25) is 4.79 Å². The summed E-state index contributed by atoms with van der Waals surface area (Å²) in [7, 11) is 0. The number of carbonyl (C=O) groups excluding carboxylic acids is 1. The number of nitriles is 1. The zero-order chi connectivity index (χ0) is 27.4. The average molecular weight is 527 g/mol. The molecule has 4 heterocycles. The highest BCUT2D eigenvalue weighted by atomic mass is 16.5. The first-order valence-electron chi connectivity index (χ1n) is 12.9. The molecule has 1 amide bonds. The molecule has 4 aromatic rings. The predicted molar refractivity (Wildman–Crippen MR) is 145 cm³/mol. The maximum absolute atomic E-state index is 12.8. The number of aliphatic hydroxyl groups is 2. The van der Waals surface area contributed by atoms with Gasteiger partial charge in [0, 0.05) is 43.5 Å². The van der Waals surface area contributed by atoms with Crippen LogP contribution >= 0.6 is 0 Å². The number of hydrogen-bond donors (Lipinski definition) is 2. The number of rotatable bonds is 8. The van der Waals surface area contributed by atoms with E-state index < -0.39 is 12.2 Å². The lowest BCUT2D eigenvalue weighted by molar-refractivity contribution is -0.140. The third kappa shape index (κ3) is 5.55. The third-order valence-corrected chi connectivity index (χ3v) is 6.94. The number of hydrogen-bond acceptors (Lipinski definition) is 8. The maximum Gasteiger partial charge on any atom is 0.256 e. The summed E-state index contributed by atoms with van der Waals surface area (Å²) in [6.45, 7) is 4.19. The van der Waals surface area contributed by atoms with Crippen molar-refractivity contribution in [1.82, 2.24) is 19.5 Å². The number of aliphatic hydroxyl groups excluding tert-OH is 2. The van der Waals surface area contributed by atoms with Crippen molar-refractivity contribution < 1.29 is 19.7 Å². The summed E-state index contributed by atoms with van der Waals surface area (Å²) in [5, 5.41) is 34.3. The fraction of sp³-hybridized carbons (Fsp3) is 0.310. The molecule has 1 fully saturated rings. The largest absolute Gasteiger partial charge is 0.489 e. The first kappa shape index (κ1) is 26.2. The number of amides is 1. The van der Waals surface area contributed by atoms with E-state index in [-0.39, 0.29) is 12.5 Å². The van der Waals surface area contributed by atoms with Crippen molar-refractivity contribution in [1.29, 1.82) is 5.26 Å². The van der Waals surface area contributed by atoms with E-state index in [4.69, 9.17) is 4.74 Å². The van der Waals surface area contributed by atoms with Gasteiger partial charge in [-0.25, -0.2) is 9.50 Å². The molecule has 200 valence electrons. The standard InChI is InChI=1S/C29H30N6O4/c1-2-23(36)19-39-24-14-25(27-22(15-30)17-32-35(27)18-24)21-8-9-26(31-16-21)33-10-12-34(13-11-33)29(38)28(37)20-6-4-3-5-7-20/h3-9,14,16-18,23,28,36-37H,2,10-13,19H2,1H3/t23-,28+/m0/s1. The summed E-state index contributed by atoms with van der Waals surface area (Å²) >= 11 is 0. The first-order chi connectivity index (χ1) is 19.0. The smallest absolute Gasteiger partial charge is 0.256 e. The van der Waals surface area contributed by atoms with Crippen LogP contribution in [0.2, 0.25) is 0 Å². The first-order valence-corrected chi connectivity index (χ1v) is 12.9. The Hall–Kier alpha value is -4.46. The van der Waals surface area contributed by atoms with Gasteiger partial charge in [0.05, 0.1) is 29.6 Å². The van der Waals surface area contributed by atoms with Gasteiger partial charge in [-0.1, -0.05) is 37.3 Å². The van der Waals surface area contributed by atoms with Gasteiger partial charge in [-0.05, 0) is 30.2 Å². The molecule has 1 aromatic carbocycles. The van der Waals surface area contributed by atoms with Crippen LogP contribution in [0.15, 0.2) is 67.1 Å². The zero-order valence-electron chi connectivity index (χ0n) is 21.6. The number of benzene rings is 1. The fourth-order valence-corrected chi connectivity index (χ4v) is 4.63. The maximum atomic E-state index is 12.8. The van der Waals surface area contributed by atoms with Crippen LogP contribution in [0.4, 0.5) is 5.82 Å². The van der Waals surface area contributed by atoms with Gasteiger partial charge in [-0.2, -0.15) is 10.4 Å². The summed E-state index contributed by atoms with van der Waals surface area (Å²) < 4.78 is 7.40. The molecule has 0 unspecified atom stereocenters. The van der Waals surface area contributed by atoms with Crippen LogP contribution in [-0.4, -0.2) is 74.5 Å². The highest BCUT2D eigenvalue weighted by Crippen LogP contribution is 2.31. The van der Waals surface area contributed by atoms with Crippen molar-refractivity contribution in [2.24, 2.45) is 0 Å². The second kappa shape index (κ2) is 11.5. The average Bonchev–Trinajstić information content (AvgIpc) is 3.42. The van der Waals surface area contributed by atoms with E-state index in [1.165, 1.54) is 6.20 Å². The summed E-state index contributed by atoms with van der Waals surface area (Å²) in [6.07, 6.45) is 3.80. The third-order valence-electron chi connectivity index (χ3n) is 6.94. The Morgan fingerprint density at radius 2 is 1.87 bits per heavy atom. The molecule has 0 spiro atoms. The molecule has 1 aliphatic rings. The number of pyridine rings is 2. The quantitative estimate of drug-likeness (QED) is 0.359. The number of nitrogens with zero attached hydrogens (tertiary/aromatic N) is 6. The monoisotopic (exact) mass is 526 g/mol. The van der Waals surface area contributed by atoms with E-state index >= 15 is 0 Å². The van der Waals surface area contributed by atoms with E-state index in [0.717, 1.165) is 16.9 Å². The number of fused-ring (bicyclic) bond motifs is 1. The SMILES string of the molecule is CC[C@H](O)COc1cc(-c2ccc(N3CCN(C(=O)[C@H](O)c4ccccc4)CC3)nc2)c2c(C#N)cnn2c1. The van der Waals surface area contributed by atoms with E-state index in [9.17, 15) is 20.3 Å². The molecule has 10 heteroatoms. The van der Waals surface area contributed by atoms with Gasteiger partial charge >= 0.3 is 0 Å². The lowest BCUT2D eigenvalue weighted by Crippen LogP contribution is -2.50. The highest BCUT2D eigenvalue weighted by Gasteiger charge is 2.27. The minimum Gasteiger partial charge on any atom is -0.489 e. The summed E-state index contributed by atoms with van der Waals surface area (Å²) in [6, 6.07) is 16.8. The number of piperazine rings is 1. The van der Waals surface area contributed by atoms with Gasteiger partial charge in [0.15, 0.2) is 6.10 Å². The predicted octanol–water partition coefficient (Wildman–Crippen LogP) is 2.80. The fourth-order valence-electron chi connectivity index (χ4n) is 4.63. The number of carbonyl (C=O) groups is 1. The molecule has 1 saturated heterocycles. The van der Waals surface area contributed by atoms with Crippen LogP contribution in [0.25, 0.3) is 16.6 Å². The molecular weight excluding hydrogens is 496 g/mol. The van der Waals surface area contributed by atoms with Gasteiger partial charge in [0.2, 0.25) is 0 Å². The molecule has 0 radical (unpaired) electrons. The van der Waals surface area contributed by atoms with E-state index in [0.29, 0.717) is 55.0 Å². The molecule has 0 aliphatic carbocycles. The lowest BCUT2D eigenvalue weighted by atomic mass is 10.1. The topological polar surface area (TPSA) is 127 Å². The Labute approximate surface area is 226 Å². The van der Waals surface area contributed by atoms with Gasteiger partial charge in [0.1, 0.15) is 24.2 Å². The zero-order valence-corrected chi connectivity index (χ0v) is 21.6. The van der Waals surface area contributed by atoms with Crippen molar-refractivity contribution in [3.05, 3.63) is 78.2 Å². The minimum absolute atomic E-state index is 0.155. The van der Waals surface area contributed by atoms with Crippen LogP contribution in [0.1, 0.15) is 30.6 Å². The molecular formula is C29H30N6O4. The van der Waals surface area contributed by atoms with Crippen LogP contribution in [0.5, 0.6) is 5.75 Å². The second-order valence-corrected chi connectivity index (χ2v) is 9.46. The van der Waals surface area contributed by atoms with Gasteiger partial charge < -0.3 is 24.7 Å². The summed E-state index contributed by atoms with van der Waals surface area (Å²) in [4.78, 5) is 21.3. The van der Waals surface area contributed by atoms with Crippen molar-refractivity contribution >= 4 is 17.2 Å². The van der Waals surface area contributed by atoms with Crippen LogP contribution < -0.4 is 9.64 Å². The Morgan fingerprint density at radius 3 is 2.54 bits per heavy atom.